The molecule has 8 nitrogen and oxygen atoms in total. The predicted molar refractivity (Wildman–Crippen MR) is 80.0 cm³/mol. The van der Waals surface area contributed by atoms with Crippen molar-refractivity contribution in [2.75, 3.05) is 38.2 Å². The number of sulfonamides is 1. The molecular weight excluding hydrogens is 312 g/mol. The molecule has 0 bridgehead atoms. The first-order valence-electron chi connectivity index (χ1n) is 6.71. The van der Waals surface area contributed by atoms with Gasteiger partial charge in [-0.1, -0.05) is 0 Å². The Morgan fingerprint density at radius 2 is 1.73 bits per heavy atom. The number of nitrogens with zero attached hydrogens (tertiary/aromatic N) is 1. The summed E-state index contributed by atoms with van der Waals surface area (Å²) in [5.74, 6) is 0. The van der Waals surface area contributed by atoms with Crippen LogP contribution in [-0.4, -0.2) is 61.9 Å². The number of benzene rings is 1. The van der Waals surface area contributed by atoms with E-state index >= 15 is 0 Å². The average molecular weight is 332 g/mol. The Labute approximate surface area is 129 Å². The van der Waals surface area contributed by atoms with Gasteiger partial charge >= 0.3 is 6.09 Å². The van der Waals surface area contributed by atoms with E-state index in [9.17, 15) is 13.2 Å². The Hall–Kier alpha value is -1.68. The van der Waals surface area contributed by atoms with Crippen molar-refractivity contribution in [3.8, 4) is 0 Å². The van der Waals surface area contributed by atoms with E-state index in [0.29, 0.717) is 5.69 Å². The summed E-state index contributed by atoms with van der Waals surface area (Å²) in [7, 11) is -3.81. The maximum absolute atomic E-state index is 12.3. The molecule has 3 N–H and O–H groups in total. The highest BCUT2D eigenvalue weighted by Crippen LogP contribution is 2.18. The summed E-state index contributed by atoms with van der Waals surface area (Å²) in [6.45, 7) is 1.00. The van der Waals surface area contributed by atoms with Crippen LogP contribution in [-0.2, 0) is 14.8 Å². The van der Waals surface area contributed by atoms with Crippen molar-refractivity contribution in [2.45, 2.75) is 11.8 Å². The normalized spacial score (nSPS) is 11.5. The van der Waals surface area contributed by atoms with E-state index in [4.69, 9.17) is 14.9 Å². The van der Waals surface area contributed by atoms with E-state index in [2.05, 4.69) is 5.32 Å². The van der Waals surface area contributed by atoms with Gasteiger partial charge in [-0.25, -0.2) is 13.2 Å². The molecule has 0 saturated heterocycles. The Balaban J connectivity index is 2.89. The first-order valence-corrected chi connectivity index (χ1v) is 8.15. The molecular formula is C13H20N2O6S. The molecule has 0 unspecified atom stereocenters. The highest BCUT2D eigenvalue weighted by Gasteiger charge is 2.23. The van der Waals surface area contributed by atoms with Gasteiger partial charge in [0.25, 0.3) is 0 Å². The van der Waals surface area contributed by atoms with Gasteiger partial charge in [0.2, 0.25) is 10.0 Å². The van der Waals surface area contributed by atoms with Crippen molar-refractivity contribution in [3.05, 3.63) is 24.3 Å². The standard InChI is InChI=1S/C13H20N2O6S/c1-2-21-13(18)14-11-3-5-12(6-4-11)22(19,20)15(7-9-16)8-10-17/h3-6,16-17H,2,7-10H2,1H3,(H,14,18). The summed E-state index contributed by atoms with van der Waals surface area (Å²) in [6.07, 6.45) is -0.625. The maximum Gasteiger partial charge on any atom is 0.411 e. The summed E-state index contributed by atoms with van der Waals surface area (Å²) in [5, 5.41) is 20.3. The van der Waals surface area contributed by atoms with Gasteiger partial charge in [0, 0.05) is 18.8 Å². The minimum atomic E-state index is -3.81. The van der Waals surface area contributed by atoms with Gasteiger partial charge in [-0.05, 0) is 31.2 Å². The zero-order valence-electron chi connectivity index (χ0n) is 12.2. The molecule has 0 heterocycles. The number of hydrogen-bond acceptors (Lipinski definition) is 6. The molecule has 0 atom stereocenters. The molecule has 1 aromatic carbocycles. The summed E-state index contributed by atoms with van der Waals surface area (Å²) < 4.78 is 30.4. The number of nitrogens with one attached hydrogen (secondary N) is 1. The summed E-state index contributed by atoms with van der Waals surface area (Å²) in [5.41, 5.74) is 0.397. The van der Waals surface area contributed by atoms with Gasteiger partial charge in [0.05, 0.1) is 24.7 Å². The number of ether oxygens (including phenoxy) is 1. The molecule has 124 valence electrons. The van der Waals surface area contributed by atoms with Crippen molar-refractivity contribution in [1.29, 1.82) is 0 Å². The fourth-order valence-electron chi connectivity index (χ4n) is 1.72. The molecule has 0 aliphatic rings. The molecule has 0 saturated carbocycles. The molecule has 1 aromatic rings. The van der Waals surface area contributed by atoms with Crippen LogP contribution >= 0.6 is 0 Å². The van der Waals surface area contributed by atoms with Crippen LogP contribution in [0.3, 0.4) is 0 Å². The fourth-order valence-corrected chi connectivity index (χ4v) is 3.14. The largest absolute Gasteiger partial charge is 0.450 e. The Morgan fingerprint density at radius 1 is 1.18 bits per heavy atom. The van der Waals surface area contributed by atoms with E-state index in [-0.39, 0.29) is 37.8 Å². The molecule has 0 fully saturated rings. The lowest BCUT2D eigenvalue weighted by Crippen LogP contribution is -2.35. The van der Waals surface area contributed by atoms with E-state index in [1.807, 2.05) is 0 Å². The second-order valence-corrected chi connectivity index (χ2v) is 6.16. The third-order valence-electron chi connectivity index (χ3n) is 2.71. The van der Waals surface area contributed by atoms with Crippen molar-refractivity contribution in [1.82, 2.24) is 4.31 Å². The van der Waals surface area contributed by atoms with Gasteiger partial charge in [-0.15, -0.1) is 0 Å². The topological polar surface area (TPSA) is 116 Å². The number of anilines is 1. The van der Waals surface area contributed by atoms with E-state index in [1.54, 1.807) is 6.92 Å². The molecule has 22 heavy (non-hydrogen) atoms. The van der Waals surface area contributed by atoms with Crippen LogP contribution in [0.15, 0.2) is 29.2 Å². The van der Waals surface area contributed by atoms with E-state index in [0.717, 1.165) is 4.31 Å². The second-order valence-electron chi connectivity index (χ2n) is 4.22. The zero-order valence-corrected chi connectivity index (χ0v) is 13.0. The first-order chi connectivity index (χ1) is 10.5. The number of carbonyl (C=O) groups excluding carboxylic acids is 1. The van der Waals surface area contributed by atoms with Crippen molar-refractivity contribution in [3.63, 3.8) is 0 Å². The average Bonchev–Trinajstić information content (AvgIpc) is 2.48. The molecule has 0 spiro atoms. The van der Waals surface area contributed by atoms with Crippen molar-refractivity contribution < 1.29 is 28.2 Å². The van der Waals surface area contributed by atoms with E-state index in [1.165, 1.54) is 24.3 Å². The molecule has 0 radical (unpaired) electrons. The number of aliphatic hydroxyl groups is 2. The van der Waals surface area contributed by atoms with Gasteiger partial charge in [-0.2, -0.15) is 4.31 Å². The SMILES string of the molecule is CCOC(=O)Nc1ccc(S(=O)(=O)N(CCO)CCO)cc1. The number of carbonyl (C=O) groups is 1. The van der Waals surface area contributed by atoms with Gasteiger partial charge in [-0.3, -0.25) is 5.32 Å². The quantitative estimate of drug-likeness (QED) is 0.627. The lowest BCUT2D eigenvalue weighted by atomic mass is 10.3. The third kappa shape index (κ3) is 4.95. The van der Waals surface area contributed by atoms with Crippen LogP contribution in [0.25, 0.3) is 0 Å². The van der Waals surface area contributed by atoms with Crippen LogP contribution in [0, 0.1) is 0 Å². The van der Waals surface area contributed by atoms with Crippen LogP contribution in [0.5, 0.6) is 0 Å². The fraction of sp³-hybridized carbons (Fsp3) is 0.462. The number of hydrogen-bond donors (Lipinski definition) is 3. The van der Waals surface area contributed by atoms with Crippen molar-refractivity contribution >= 4 is 21.8 Å². The minimum absolute atomic E-state index is 0.00353. The van der Waals surface area contributed by atoms with Crippen LogP contribution in [0.4, 0.5) is 10.5 Å². The Kier molecular flexibility index (Phi) is 7.25. The monoisotopic (exact) mass is 332 g/mol. The second kappa shape index (κ2) is 8.69. The lowest BCUT2D eigenvalue weighted by molar-refractivity contribution is 0.168. The minimum Gasteiger partial charge on any atom is -0.450 e. The molecule has 0 aliphatic carbocycles. The number of aliphatic hydroxyl groups excluding tert-OH is 2. The molecule has 1 rings (SSSR count). The highest BCUT2D eigenvalue weighted by molar-refractivity contribution is 7.89. The van der Waals surface area contributed by atoms with Crippen LogP contribution in [0.1, 0.15) is 6.92 Å². The Bertz CT molecular complexity index is 567. The first kappa shape index (κ1) is 18.4. The predicted octanol–water partition coefficient (Wildman–Crippen LogP) is 0.230. The molecule has 9 heteroatoms. The number of amides is 1. The Morgan fingerprint density at radius 3 is 2.18 bits per heavy atom. The smallest absolute Gasteiger partial charge is 0.411 e. The van der Waals surface area contributed by atoms with Crippen LogP contribution in [0.2, 0.25) is 0 Å². The lowest BCUT2D eigenvalue weighted by Gasteiger charge is -2.20. The summed E-state index contributed by atoms with van der Waals surface area (Å²) >= 11 is 0. The van der Waals surface area contributed by atoms with Gasteiger partial charge < -0.3 is 14.9 Å². The van der Waals surface area contributed by atoms with E-state index < -0.39 is 16.1 Å². The summed E-state index contributed by atoms with van der Waals surface area (Å²) in [6, 6.07) is 5.52. The zero-order chi connectivity index (χ0) is 16.6. The van der Waals surface area contributed by atoms with Gasteiger partial charge in [0.15, 0.2) is 0 Å². The summed E-state index contributed by atoms with van der Waals surface area (Å²) in [4.78, 5) is 11.3. The molecule has 0 aromatic heterocycles. The maximum atomic E-state index is 12.3. The van der Waals surface area contributed by atoms with Crippen molar-refractivity contribution in [2.24, 2.45) is 0 Å². The number of rotatable bonds is 8. The third-order valence-corrected chi connectivity index (χ3v) is 4.63. The highest BCUT2D eigenvalue weighted by atomic mass is 32.2. The van der Waals surface area contributed by atoms with Gasteiger partial charge in [0.1, 0.15) is 0 Å². The molecule has 1 amide bonds. The van der Waals surface area contributed by atoms with Crippen LogP contribution < -0.4 is 5.32 Å². The molecule has 0 aliphatic heterocycles.